The highest BCUT2D eigenvalue weighted by atomic mass is 19.2. The number of halogens is 2. The van der Waals surface area contributed by atoms with Crippen molar-refractivity contribution in [2.24, 2.45) is 0 Å². The van der Waals surface area contributed by atoms with Gasteiger partial charge in [0.1, 0.15) is 0 Å². The number of aromatic carboxylic acids is 1. The molecule has 0 spiro atoms. The van der Waals surface area contributed by atoms with Gasteiger partial charge in [-0.15, -0.1) is 0 Å². The molecule has 104 valence electrons. The zero-order chi connectivity index (χ0) is 14.3. The Labute approximate surface area is 112 Å². The first-order valence-corrected chi connectivity index (χ1v) is 6.07. The van der Waals surface area contributed by atoms with Gasteiger partial charge in [-0.3, -0.25) is 0 Å². The number of carboxylic acids is 1. The average Bonchev–Trinajstić information content (AvgIpc) is 2.86. The van der Waals surface area contributed by atoms with Crippen molar-refractivity contribution in [2.45, 2.75) is 12.5 Å². The number of hydrogen-bond acceptors (Lipinski definition) is 3. The first-order valence-electron chi connectivity index (χ1n) is 6.07. The number of carboxylic acid groups (broad SMARTS) is 1. The van der Waals surface area contributed by atoms with Gasteiger partial charge in [-0.1, -0.05) is 6.07 Å². The van der Waals surface area contributed by atoms with E-state index >= 15 is 0 Å². The number of carbonyl (C=O) groups is 1. The van der Waals surface area contributed by atoms with Crippen LogP contribution in [-0.4, -0.2) is 27.2 Å². The highest BCUT2D eigenvalue weighted by Gasteiger charge is 2.25. The summed E-state index contributed by atoms with van der Waals surface area (Å²) in [6.07, 6.45) is 2.03. The summed E-state index contributed by atoms with van der Waals surface area (Å²) in [4.78, 5) is 14.9. The van der Waals surface area contributed by atoms with E-state index in [2.05, 4.69) is 10.3 Å². The van der Waals surface area contributed by atoms with Gasteiger partial charge in [-0.25, -0.2) is 18.6 Å². The minimum absolute atomic E-state index is 0.0815. The van der Waals surface area contributed by atoms with Crippen molar-refractivity contribution >= 4 is 11.9 Å². The Kier molecular flexibility index (Phi) is 2.89. The summed E-state index contributed by atoms with van der Waals surface area (Å²) in [5.41, 5.74) is 0.503. The fraction of sp³-hybridized carbons (Fsp3) is 0.231. The molecule has 1 aliphatic heterocycles. The Bertz CT molecular complexity index is 684. The SMILES string of the molecule is O=C(O)c1cn2c(n1)NCCC2c1ccc(F)c(F)c1. The van der Waals surface area contributed by atoms with Crippen LogP contribution >= 0.6 is 0 Å². The van der Waals surface area contributed by atoms with E-state index in [0.717, 1.165) is 12.1 Å². The molecule has 1 aromatic heterocycles. The maximum atomic E-state index is 13.3. The highest BCUT2D eigenvalue weighted by Crippen LogP contribution is 2.30. The van der Waals surface area contributed by atoms with Crippen LogP contribution in [0, 0.1) is 11.6 Å². The molecule has 0 bridgehead atoms. The van der Waals surface area contributed by atoms with E-state index in [0.29, 0.717) is 24.5 Å². The molecule has 0 radical (unpaired) electrons. The lowest BCUT2D eigenvalue weighted by molar-refractivity contribution is 0.0691. The molecule has 1 atom stereocenters. The summed E-state index contributed by atoms with van der Waals surface area (Å²) >= 11 is 0. The Hall–Kier alpha value is -2.44. The molecule has 1 unspecified atom stereocenters. The quantitative estimate of drug-likeness (QED) is 0.885. The van der Waals surface area contributed by atoms with E-state index in [1.165, 1.54) is 12.3 Å². The van der Waals surface area contributed by atoms with Gasteiger partial charge in [0.05, 0.1) is 6.04 Å². The van der Waals surface area contributed by atoms with Crippen LogP contribution in [0.15, 0.2) is 24.4 Å². The summed E-state index contributed by atoms with van der Waals surface area (Å²) in [6.45, 7) is 0.583. The molecule has 20 heavy (non-hydrogen) atoms. The second kappa shape index (κ2) is 4.59. The fourth-order valence-corrected chi connectivity index (χ4v) is 2.37. The predicted octanol–water partition coefficient (Wildman–Crippen LogP) is 2.26. The Morgan fingerprint density at radius 1 is 1.40 bits per heavy atom. The molecule has 0 saturated carbocycles. The lowest BCUT2D eigenvalue weighted by Crippen LogP contribution is -2.23. The van der Waals surface area contributed by atoms with E-state index in [4.69, 9.17) is 5.11 Å². The Morgan fingerprint density at radius 2 is 2.20 bits per heavy atom. The number of hydrogen-bond donors (Lipinski definition) is 2. The molecule has 1 aliphatic rings. The van der Waals surface area contributed by atoms with Gasteiger partial charge in [-0.05, 0) is 24.1 Å². The molecule has 3 rings (SSSR count). The van der Waals surface area contributed by atoms with Crippen LogP contribution in [0.4, 0.5) is 14.7 Å². The summed E-state index contributed by atoms with van der Waals surface area (Å²) in [5.74, 6) is -2.53. The summed E-state index contributed by atoms with van der Waals surface area (Å²) in [5, 5.41) is 11.9. The van der Waals surface area contributed by atoms with Crippen LogP contribution in [-0.2, 0) is 0 Å². The predicted molar refractivity (Wildman–Crippen MR) is 66.8 cm³/mol. The van der Waals surface area contributed by atoms with Crippen molar-refractivity contribution in [1.29, 1.82) is 0 Å². The van der Waals surface area contributed by atoms with Gasteiger partial charge in [0.2, 0.25) is 5.95 Å². The van der Waals surface area contributed by atoms with Gasteiger partial charge in [0, 0.05) is 12.7 Å². The third kappa shape index (κ3) is 2.01. The Morgan fingerprint density at radius 3 is 2.90 bits per heavy atom. The molecular weight excluding hydrogens is 268 g/mol. The van der Waals surface area contributed by atoms with Gasteiger partial charge in [0.15, 0.2) is 17.3 Å². The smallest absolute Gasteiger partial charge is 0.356 e. The molecule has 7 heteroatoms. The van der Waals surface area contributed by atoms with Crippen LogP contribution in [0.25, 0.3) is 0 Å². The van der Waals surface area contributed by atoms with Crippen molar-refractivity contribution in [1.82, 2.24) is 9.55 Å². The number of nitrogens with zero attached hydrogens (tertiary/aromatic N) is 2. The van der Waals surface area contributed by atoms with E-state index in [9.17, 15) is 13.6 Å². The maximum Gasteiger partial charge on any atom is 0.356 e. The number of rotatable bonds is 2. The molecule has 0 saturated heterocycles. The highest BCUT2D eigenvalue weighted by molar-refractivity contribution is 5.85. The molecule has 1 aromatic carbocycles. The molecule has 0 amide bonds. The minimum Gasteiger partial charge on any atom is -0.476 e. The third-order valence-corrected chi connectivity index (χ3v) is 3.32. The number of aromatic nitrogens is 2. The van der Waals surface area contributed by atoms with Crippen LogP contribution in [0.5, 0.6) is 0 Å². The lowest BCUT2D eigenvalue weighted by atomic mass is 10.0. The zero-order valence-corrected chi connectivity index (χ0v) is 10.3. The molecule has 2 N–H and O–H groups in total. The first kappa shape index (κ1) is 12.6. The van der Waals surface area contributed by atoms with Gasteiger partial charge < -0.3 is 15.0 Å². The monoisotopic (exact) mass is 279 g/mol. The lowest BCUT2D eigenvalue weighted by Gasteiger charge is -2.26. The Balaban J connectivity index is 2.04. The molecule has 2 heterocycles. The van der Waals surface area contributed by atoms with E-state index in [1.807, 2.05) is 0 Å². The number of imidazole rings is 1. The van der Waals surface area contributed by atoms with Crippen molar-refractivity contribution < 1.29 is 18.7 Å². The standard InChI is InChI=1S/C13H11F2N3O2/c14-8-2-1-7(5-9(8)15)11-3-4-16-13-17-10(12(19)20)6-18(11)13/h1-2,5-6,11H,3-4H2,(H,16,17)(H,19,20). The van der Waals surface area contributed by atoms with Crippen molar-refractivity contribution in [3.8, 4) is 0 Å². The molecule has 0 aliphatic carbocycles. The van der Waals surface area contributed by atoms with Gasteiger partial charge >= 0.3 is 5.97 Å². The van der Waals surface area contributed by atoms with Crippen molar-refractivity contribution in [2.75, 3.05) is 11.9 Å². The second-order valence-corrected chi connectivity index (χ2v) is 4.57. The summed E-state index contributed by atoms with van der Waals surface area (Å²) in [7, 11) is 0. The fourth-order valence-electron chi connectivity index (χ4n) is 2.37. The molecule has 2 aromatic rings. The second-order valence-electron chi connectivity index (χ2n) is 4.57. The zero-order valence-electron chi connectivity index (χ0n) is 10.3. The number of nitrogens with one attached hydrogen (secondary N) is 1. The van der Waals surface area contributed by atoms with Gasteiger partial charge in [-0.2, -0.15) is 0 Å². The molecular formula is C13H11F2N3O2. The van der Waals surface area contributed by atoms with Crippen LogP contribution in [0.2, 0.25) is 0 Å². The summed E-state index contributed by atoms with van der Waals surface area (Å²) in [6, 6.07) is 3.44. The van der Waals surface area contributed by atoms with E-state index in [1.54, 1.807) is 4.57 Å². The van der Waals surface area contributed by atoms with E-state index < -0.39 is 17.6 Å². The van der Waals surface area contributed by atoms with Crippen LogP contribution < -0.4 is 5.32 Å². The normalized spacial score (nSPS) is 17.4. The number of benzene rings is 1. The number of anilines is 1. The third-order valence-electron chi connectivity index (χ3n) is 3.32. The largest absolute Gasteiger partial charge is 0.476 e. The van der Waals surface area contributed by atoms with Gasteiger partial charge in [0.25, 0.3) is 0 Å². The van der Waals surface area contributed by atoms with Crippen LogP contribution in [0.3, 0.4) is 0 Å². The van der Waals surface area contributed by atoms with Crippen LogP contribution in [0.1, 0.15) is 28.5 Å². The molecule has 5 nitrogen and oxygen atoms in total. The van der Waals surface area contributed by atoms with E-state index in [-0.39, 0.29) is 11.7 Å². The maximum absolute atomic E-state index is 13.3. The molecule has 0 fully saturated rings. The minimum atomic E-state index is -1.13. The van der Waals surface area contributed by atoms with Crippen molar-refractivity contribution in [3.05, 3.63) is 47.3 Å². The van der Waals surface area contributed by atoms with Crippen molar-refractivity contribution in [3.63, 3.8) is 0 Å². The average molecular weight is 279 g/mol. The first-order chi connectivity index (χ1) is 9.56. The topological polar surface area (TPSA) is 67.1 Å². The number of fused-ring (bicyclic) bond motifs is 1. The summed E-state index contributed by atoms with van der Waals surface area (Å²) < 4.78 is 28.0.